The lowest BCUT2D eigenvalue weighted by molar-refractivity contribution is -0.137. The van der Waals surface area contributed by atoms with Gasteiger partial charge < -0.3 is 0 Å². The summed E-state index contributed by atoms with van der Waals surface area (Å²) in [5, 5.41) is 0. The highest BCUT2D eigenvalue weighted by Gasteiger charge is 2.30. The van der Waals surface area contributed by atoms with Crippen molar-refractivity contribution in [2.75, 3.05) is 6.54 Å². The maximum atomic E-state index is 12.5. The summed E-state index contributed by atoms with van der Waals surface area (Å²) in [4.78, 5) is 2.23. The third-order valence-corrected chi connectivity index (χ3v) is 3.33. The van der Waals surface area contributed by atoms with Crippen molar-refractivity contribution in [2.45, 2.75) is 38.5 Å². The zero-order valence-electron chi connectivity index (χ0n) is 9.80. The van der Waals surface area contributed by atoms with Gasteiger partial charge in [-0.05, 0) is 37.9 Å². The monoisotopic (exact) mass is 243 g/mol. The second-order valence-corrected chi connectivity index (χ2v) is 4.66. The van der Waals surface area contributed by atoms with Gasteiger partial charge in [0.15, 0.2) is 0 Å². The Labute approximate surface area is 99.2 Å². The Bertz CT molecular complexity index is 386. The average molecular weight is 243 g/mol. The van der Waals surface area contributed by atoms with Gasteiger partial charge in [-0.3, -0.25) is 4.90 Å². The molecule has 1 aromatic carbocycles. The first-order valence-electron chi connectivity index (χ1n) is 5.87. The SMILES string of the molecule is C[C@@H]1CCCN1Cc1cccc(C(F)(F)F)c1. The van der Waals surface area contributed by atoms with Gasteiger partial charge in [-0.2, -0.15) is 13.2 Å². The van der Waals surface area contributed by atoms with E-state index < -0.39 is 11.7 Å². The van der Waals surface area contributed by atoms with E-state index >= 15 is 0 Å². The number of halogens is 3. The Kier molecular flexibility index (Phi) is 3.43. The summed E-state index contributed by atoms with van der Waals surface area (Å²) in [5.41, 5.74) is 0.190. The van der Waals surface area contributed by atoms with Gasteiger partial charge in [0.2, 0.25) is 0 Å². The van der Waals surface area contributed by atoms with Gasteiger partial charge in [-0.25, -0.2) is 0 Å². The summed E-state index contributed by atoms with van der Waals surface area (Å²) in [6, 6.07) is 6.10. The summed E-state index contributed by atoms with van der Waals surface area (Å²) in [7, 11) is 0. The molecule has 1 aliphatic heterocycles. The van der Waals surface area contributed by atoms with Crippen LogP contribution in [0.2, 0.25) is 0 Å². The minimum Gasteiger partial charge on any atom is -0.296 e. The molecule has 0 aliphatic carbocycles. The van der Waals surface area contributed by atoms with Crippen molar-refractivity contribution >= 4 is 0 Å². The van der Waals surface area contributed by atoms with Gasteiger partial charge in [-0.15, -0.1) is 0 Å². The zero-order valence-corrected chi connectivity index (χ0v) is 9.80. The van der Waals surface area contributed by atoms with Crippen LogP contribution < -0.4 is 0 Å². The summed E-state index contributed by atoms with van der Waals surface area (Å²) < 4.78 is 37.6. The van der Waals surface area contributed by atoms with Crippen molar-refractivity contribution < 1.29 is 13.2 Å². The quantitative estimate of drug-likeness (QED) is 0.765. The fourth-order valence-corrected chi connectivity index (χ4v) is 2.31. The van der Waals surface area contributed by atoms with Crippen molar-refractivity contribution in [3.05, 3.63) is 35.4 Å². The molecule has 1 saturated heterocycles. The number of hydrogen-bond acceptors (Lipinski definition) is 1. The van der Waals surface area contributed by atoms with E-state index in [1.807, 2.05) is 0 Å². The molecule has 1 heterocycles. The second kappa shape index (κ2) is 4.69. The lowest BCUT2D eigenvalue weighted by Crippen LogP contribution is -2.26. The van der Waals surface area contributed by atoms with E-state index in [1.165, 1.54) is 12.1 Å². The van der Waals surface area contributed by atoms with E-state index in [-0.39, 0.29) is 0 Å². The predicted octanol–water partition coefficient (Wildman–Crippen LogP) is 3.69. The largest absolute Gasteiger partial charge is 0.416 e. The summed E-state index contributed by atoms with van der Waals surface area (Å²) in [6.07, 6.45) is -1.97. The number of alkyl halides is 3. The Morgan fingerprint density at radius 2 is 2.12 bits per heavy atom. The normalized spacial score (nSPS) is 22.0. The third-order valence-electron chi connectivity index (χ3n) is 3.33. The number of rotatable bonds is 2. The first-order valence-corrected chi connectivity index (χ1v) is 5.87. The number of likely N-dealkylation sites (tertiary alicyclic amines) is 1. The van der Waals surface area contributed by atoms with Crippen LogP contribution in [0.1, 0.15) is 30.9 Å². The molecule has 4 heteroatoms. The smallest absolute Gasteiger partial charge is 0.296 e. The lowest BCUT2D eigenvalue weighted by Gasteiger charge is -2.21. The summed E-state index contributed by atoms with van der Waals surface area (Å²) in [6.45, 7) is 3.73. The molecule has 94 valence electrons. The van der Waals surface area contributed by atoms with Crippen LogP contribution in [-0.2, 0) is 12.7 Å². The van der Waals surface area contributed by atoms with Crippen LogP contribution in [0.15, 0.2) is 24.3 Å². The lowest BCUT2D eigenvalue weighted by atomic mass is 10.1. The summed E-state index contributed by atoms with van der Waals surface area (Å²) >= 11 is 0. The van der Waals surface area contributed by atoms with Gasteiger partial charge in [0.25, 0.3) is 0 Å². The molecule has 1 atom stereocenters. The van der Waals surface area contributed by atoms with Crippen molar-refractivity contribution in [3.63, 3.8) is 0 Å². The molecule has 1 fully saturated rings. The Hall–Kier alpha value is -1.03. The van der Waals surface area contributed by atoms with Crippen LogP contribution in [0.3, 0.4) is 0 Å². The Balaban J connectivity index is 2.11. The van der Waals surface area contributed by atoms with Crippen molar-refractivity contribution in [1.82, 2.24) is 4.90 Å². The molecule has 0 bridgehead atoms. The highest BCUT2D eigenvalue weighted by atomic mass is 19.4. The predicted molar refractivity (Wildman–Crippen MR) is 60.6 cm³/mol. The van der Waals surface area contributed by atoms with Crippen LogP contribution in [-0.4, -0.2) is 17.5 Å². The van der Waals surface area contributed by atoms with Crippen molar-refractivity contribution in [1.29, 1.82) is 0 Å². The zero-order chi connectivity index (χ0) is 12.5. The van der Waals surface area contributed by atoms with Crippen LogP contribution in [0.5, 0.6) is 0 Å². The van der Waals surface area contributed by atoms with E-state index in [0.717, 1.165) is 31.0 Å². The van der Waals surface area contributed by atoms with E-state index in [2.05, 4.69) is 11.8 Å². The highest BCUT2D eigenvalue weighted by molar-refractivity contribution is 5.25. The van der Waals surface area contributed by atoms with Gasteiger partial charge >= 0.3 is 6.18 Å². The molecule has 0 unspecified atom stereocenters. The standard InChI is InChI=1S/C13H16F3N/c1-10-4-3-7-17(10)9-11-5-2-6-12(8-11)13(14,15)16/h2,5-6,8,10H,3-4,7,9H2,1H3/t10-/m1/s1. The van der Waals surface area contributed by atoms with Crippen molar-refractivity contribution in [2.24, 2.45) is 0 Å². The maximum absolute atomic E-state index is 12.5. The third kappa shape index (κ3) is 3.00. The molecule has 0 N–H and O–H groups in total. The molecule has 0 aromatic heterocycles. The summed E-state index contributed by atoms with van der Waals surface area (Å²) in [5.74, 6) is 0. The first kappa shape index (κ1) is 12.4. The first-order chi connectivity index (χ1) is 7.97. The molecule has 2 rings (SSSR count). The average Bonchev–Trinajstić information content (AvgIpc) is 2.64. The molecule has 0 radical (unpaired) electrons. The van der Waals surface area contributed by atoms with Crippen LogP contribution in [0, 0.1) is 0 Å². The molecule has 17 heavy (non-hydrogen) atoms. The van der Waals surface area contributed by atoms with Gasteiger partial charge in [0.05, 0.1) is 5.56 Å². The van der Waals surface area contributed by atoms with Crippen LogP contribution in [0.25, 0.3) is 0 Å². The minimum atomic E-state index is -4.24. The van der Waals surface area contributed by atoms with E-state index in [0.29, 0.717) is 12.6 Å². The number of nitrogens with zero attached hydrogens (tertiary/aromatic N) is 1. The molecule has 1 aromatic rings. The number of benzene rings is 1. The Morgan fingerprint density at radius 1 is 1.35 bits per heavy atom. The maximum Gasteiger partial charge on any atom is 0.416 e. The molecule has 1 nitrogen and oxygen atoms in total. The van der Waals surface area contributed by atoms with Crippen LogP contribution >= 0.6 is 0 Å². The van der Waals surface area contributed by atoms with Crippen molar-refractivity contribution in [3.8, 4) is 0 Å². The van der Waals surface area contributed by atoms with E-state index in [1.54, 1.807) is 6.07 Å². The van der Waals surface area contributed by atoms with E-state index in [9.17, 15) is 13.2 Å². The second-order valence-electron chi connectivity index (χ2n) is 4.66. The van der Waals surface area contributed by atoms with E-state index in [4.69, 9.17) is 0 Å². The van der Waals surface area contributed by atoms with Gasteiger partial charge in [0.1, 0.15) is 0 Å². The molecular formula is C13H16F3N. The van der Waals surface area contributed by atoms with Gasteiger partial charge in [0, 0.05) is 12.6 Å². The molecule has 1 aliphatic rings. The fourth-order valence-electron chi connectivity index (χ4n) is 2.31. The molecule has 0 amide bonds. The number of hydrogen-bond donors (Lipinski definition) is 0. The fraction of sp³-hybridized carbons (Fsp3) is 0.538. The molecule has 0 spiro atoms. The van der Waals surface area contributed by atoms with Gasteiger partial charge in [-0.1, -0.05) is 18.2 Å². The molecule has 0 saturated carbocycles. The Morgan fingerprint density at radius 3 is 2.71 bits per heavy atom. The molecular weight excluding hydrogens is 227 g/mol. The van der Waals surface area contributed by atoms with Crippen LogP contribution in [0.4, 0.5) is 13.2 Å². The minimum absolute atomic E-state index is 0.476. The highest BCUT2D eigenvalue weighted by Crippen LogP contribution is 2.30. The topological polar surface area (TPSA) is 3.24 Å².